The molecule has 0 radical (unpaired) electrons. The van der Waals surface area contributed by atoms with Gasteiger partial charge < -0.3 is 15.8 Å². The number of nitrogens with one attached hydrogen (secondary N) is 1. The van der Waals surface area contributed by atoms with Crippen LogP contribution in [0.5, 0.6) is 5.75 Å². The fourth-order valence-electron chi connectivity index (χ4n) is 1.59. The number of hydrogen-bond donors (Lipinski definition) is 2. The number of sulfone groups is 1. The van der Waals surface area contributed by atoms with Gasteiger partial charge in [0.2, 0.25) is 5.91 Å². The minimum atomic E-state index is -3.34. The second kappa shape index (κ2) is 6.42. The molecule has 1 aromatic rings. The molecular formula is C12H18N2O4S. The summed E-state index contributed by atoms with van der Waals surface area (Å²) in [6.45, 7) is 1.75. The summed E-state index contributed by atoms with van der Waals surface area (Å²) >= 11 is 0. The van der Waals surface area contributed by atoms with Gasteiger partial charge in [-0.25, -0.2) is 8.42 Å². The molecule has 1 amide bonds. The van der Waals surface area contributed by atoms with Crippen molar-refractivity contribution in [3.8, 4) is 5.75 Å². The Balaban J connectivity index is 2.70. The van der Waals surface area contributed by atoms with E-state index in [0.29, 0.717) is 23.5 Å². The van der Waals surface area contributed by atoms with Gasteiger partial charge in [-0.05, 0) is 24.6 Å². The van der Waals surface area contributed by atoms with Crippen molar-refractivity contribution in [3.05, 3.63) is 18.2 Å². The van der Waals surface area contributed by atoms with Crippen molar-refractivity contribution in [2.75, 3.05) is 29.7 Å². The standard InChI is InChI=1S/C12H18N2O4S/c1-3-6-19(16,17)8-12(15)14-9-4-5-11(18-2)10(13)7-9/h4-5,7H,3,6,8,13H2,1-2H3,(H,14,15). The van der Waals surface area contributed by atoms with Gasteiger partial charge in [-0.2, -0.15) is 0 Å². The second-order valence-electron chi connectivity index (χ2n) is 4.10. The average molecular weight is 286 g/mol. The van der Waals surface area contributed by atoms with Crippen LogP contribution >= 0.6 is 0 Å². The lowest BCUT2D eigenvalue weighted by Gasteiger charge is -2.09. The molecule has 0 aliphatic carbocycles. The molecule has 7 heteroatoms. The van der Waals surface area contributed by atoms with E-state index < -0.39 is 21.5 Å². The van der Waals surface area contributed by atoms with Crippen LogP contribution in [0.25, 0.3) is 0 Å². The number of rotatable bonds is 6. The maximum atomic E-state index is 11.6. The number of amides is 1. The van der Waals surface area contributed by atoms with Crippen LogP contribution < -0.4 is 15.8 Å². The number of anilines is 2. The highest BCUT2D eigenvalue weighted by Gasteiger charge is 2.15. The van der Waals surface area contributed by atoms with Crippen LogP contribution in [0, 0.1) is 0 Å². The van der Waals surface area contributed by atoms with E-state index in [1.54, 1.807) is 19.1 Å². The minimum Gasteiger partial charge on any atom is -0.495 e. The van der Waals surface area contributed by atoms with Gasteiger partial charge in [-0.15, -0.1) is 0 Å². The van der Waals surface area contributed by atoms with Crippen LogP contribution in [0.15, 0.2) is 18.2 Å². The molecule has 0 fully saturated rings. The number of nitrogens with two attached hydrogens (primary N) is 1. The summed E-state index contributed by atoms with van der Waals surface area (Å²) in [5.74, 6) is -0.590. The molecule has 0 aromatic heterocycles. The summed E-state index contributed by atoms with van der Waals surface area (Å²) in [4.78, 5) is 11.6. The SMILES string of the molecule is CCCS(=O)(=O)CC(=O)Nc1ccc(OC)c(N)c1. The highest BCUT2D eigenvalue weighted by molar-refractivity contribution is 7.92. The van der Waals surface area contributed by atoms with E-state index in [0.717, 1.165) is 0 Å². The van der Waals surface area contributed by atoms with Crippen molar-refractivity contribution >= 4 is 27.1 Å². The Labute approximate surface area is 112 Å². The molecule has 0 spiro atoms. The Hall–Kier alpha value is -1.76. The van der Waals surface area contributed by atoms with Gasteiger partial charge in [0.25, 0.3) is 0 Å². The molecule has 0 aliphatic heterocycles. The van der Waals surface area contributed by atoms with Crippen molar-refractivity contribution in [1.29, 1.82) is 0 Å². The third-order valence-electron chi connectivity index (χ3n) is 2.38. The molecule has 3 N–H and O–H groups in total. The van der Waals surface area contributed by atoms with Gasteiger partial charge in [-0.3, -0.25) is 4.79 Å². The summed E-state index contributed by atoms with van der Waals surface area (Å²) in [6.07, 6.45) is 0.491. The van der Waals surface area contributed by atoms with Crippen molar-refractivity contribution in [2.45, 2.75) is 13.3 Å². The first-order chi connectivity index (χ1) is 8.88. The highest BCUT2D eigenvalue weighted by Crippen LogP contribution is 2.24. The fraction of sp³-hybridized carbons (Fsp3) is 0.417. The van der Waals surface area contributed by atoms with E-state index in [4.69, 9.17) is 10.5 Å². The molecule has 0 saturated carbocycles. The van der Waals surface area contributed by atoms with Crippen molar-refractivity contribution in [2.24, 2.45) is 0 Å². The number of nitrogen functional groups attached to an aromatic ring is 1. The van der Waals surface area contributed by atoms with Gasteiger partial charge in [-0.1, -0.05) is 6.92 Å². The number of methoxy groups -OCH3 is 1. The van der Waals surface area contributed by atoms with Crippen LogP contribution in [0.3, 0.4) is 0 Å². The van der Waals surface area contributed by atoms with Gasteiger partial charge in [0.1, 0.15) is 11.5 Å². The van der Waals surface area contributed by atoms with Gasteiger partial charge in [0.15, 0.2) is 9.84 Å². The maximum absolute atomic E-state index is 11.6. The van der Waals surface area contributed by atoms with E-state index in [1.165, 1.54) is 13.2 Å². The summed E-state index contributed by atoms with van der Waals surface area (Å²) in [6, 6.07) is 4.72. The zero-order valence-electron chi connectivity index (χ0n) is 11.0. The minimum absolute atomic E-state index is 0.00513. The van der Waals surface area contributed by atoms with Crippen molar-refractivity contribution in [1.82, 2.24) is 0 Å². The van der Waals surface area contributed by atoms with E-state index in [9.17, 15) is 13.2 Å². The van der Waals surface area contributed by atoms with E-state index in [-0.39, 0.29) is 5.75 Å². The molecule has 6 nitrogen and oxygen atoms in total. The number of carbonyl (C=O) groups excluding carboxylic acids is 1. The number of benzene rings is 1. The van der Waals surface area contributed by atoms with Gasteiger partial charge in [0.05, 0.1) is 18.6 Å². The lowest BCUT2D eigenvalue weighted by molar-refractivity contribution is -0.113. The van der Waals surface area contributed by atoms with Crippen molar-refractivity contribution < 1.29 is 17.9 Å². The topological polar surface area (TPSA) is 98.5 Å². The van der Waals surface area contributed by atoms with Crippen LogP contribution in [0.2, 0.25) is 0 Å². The first-order valence-corrected chi connectivity index (χ1v) is 7.64. The summed E-state index contributed by atoms with van der Waals surface area (Å²) in [5, 5.41) is 2.49. The molecule has 0 heterocycles. The molecule has 0 unspecified atom stereocenters. The normalized spacial score (nSPS) is 11.1. The largest absolute Gasteiger partial charge is 0.495 e. The molecule has 0 saturated heterocycles. The van der Waals surface area contributed by atoms with E-state index in [1.807, 2.05) is 0 Å². The van der Waals surface area contributed by atoms with Crippen LogP contribution in [0.4, 0.5) is 11.4 Å². The lowest BCUT2D eigenvalue weighted by Crippen LogP contribution is -2.24. The molecule has 1 rings (SSSR count). The zero-order chi connectivity index (χ0) is 14.5. The number of carbonyl (C=O) groups is 1. The molecular weight excluding hydrogens is 268 g/mol. The van der Waals surface area contributed by atoms with Crippen LogP contribution in [0.1, 0.15) is 13.3 Å². The third-order valence-corrected chi connectivity index (χ3v) is 4.11. The zero-order valence-corrected chi connectivity index (χ0v) is 11.8. The molecule has 19 heavy (non-hydrogen) atoms. The smallest absolute Gasteiger partial charge is 0.239 e. The second-order valence-corrected chi connectivity index (χ2v) is 6.28. The summed E-state index contributed by atoms with van der Waals surface area (Å²) < 4.78 is 28.0. The fourth-order valence-corrected chi connectivity index (χ4v) is 2.83. The third kappa shape index (κ3) is 4.78. The van der Waals surface area contributed by atoms with Crippen molar-refractivity contribution in [3.63, 3.8) is 0 Å². The van der Waals surface area contributed by atoms with Crippen LogP contribution in [-0.4, -0.2) is 32.9 Å². The van der Waals surface area contributed by atoms with E-state index in [2.05, 4.69) is 5.32 Å². The van der Waals surface area contributed by atoms with Gasteiger partial charge in [0, 0.05) is 5.69 Å². The predicted molar refractivity (Wildman–Crippen MR) is 75.0 cm³/mol. The molecule has 1 aromatic carbocycles. The monoisotopic (exact) mass is 286 g/mol. The first-order valence-electron chi connectivity index (χ1n) is 5.81. The summed E-state index contributed by atoms with van der Waals surface area (Å²) in [5.41, 5.74) is 6.50. The van der Waals surface area contributed by atoms with Gasteiger partial charge >= 0.3 is 0 Å². The molecule has 106 valence electrons. The Morgan fingerprint density at radius 2 is 2.11 bits per heavy atom. The lowest BCUT2D eigenvalue weighted by atomic mass is 10.2. The molecule has 0 bridgehead atoms. The predicted octanol–water partition coefficient (Wildman–Crippen LogP) is 1.04. The first kappa shape index (κ1) is 15.3. The Morgan fingerprint density at radius 3 is 2.63 bits per heavy atom. The number of hydrogen-bond acceptors (Lipinski definition) is 5. The maximum Gasteiger partial charge on any atom is 0.239 e. The highest BCUT2D eigenvalue weighted by atomic mass is 32.2. The van der Waals surface area contributed by atoms with E-state index >= 15 is 0 Å². The number of ether oxygens (including phenoxy) is 1. The molecule has 0 atom stereocenters. The average Bonchev–Trinajstić information content (AvgIpc) is 2.27. The molecule has 0 aliphatic rings. The Kier molecular flexibility index (Phi) is 5.17. The van der Waals surface area contributed by atoms with Crippen LogP contribution in [-0.2, 0) is 14.6 Å². The Morgan fingerprint density at radius 1 is 1.42 bits per heavy atom. The quantitative estimate of drug-likeness (QED) is 0.761. The summed E-state index contributed by atoms with van der Waals surface area (Å²) in [7, 11) is -1.85. The Bertz CT molecular complexity index is 555.